The number of fused-ring (bicyclic) bond motifs is 1. The van der Waals surface area contributed by atoms with Gasteiger partial charge in [-0.15, -0.1) is 0 Å². The second-order valence-corrected chi connectivity index (χ2v) is 6.76. The number of carbonyl (C=O) groups excluding carboxylic acids is 1. The number of hydrogen-bond acceptors (Lipinski definition) is 2. The molecule has 0 radical (unpaired) electrons. The minimum Gasteiger partial charge on any atom is -0.497 e. The van der Waals surface area contributed by atoms with Crippen molar-refractivity contribution in [2.75, 3.05) is 7.11 Å². The third kappa shape index (κ3) is 3.12. The van der Waals surface area contributed by atoms with Gasteiger partial charge in [-0.1, -0.05) is 18.2 Å². The summed E-state index contributed by atoms with van der Waals surface area (Å²) in [5.41, 5.74) is 4.83. The van der Waals surface area contributed by atoms with E-state index in [1.807, 2.05) is 75.8 Å². The van der Waals surface area contributed by atoms with Gasteiger partial charge in [0, 0.05) is 17.3 Å². The summed E-state index contributed by atoms with van der Waals surface area (Å²) in [6.45, 7) is 2.36. The number of hydrogen-bond donors (Lipinski definition) is 0. The molecule has 3 heterocycles. The number of rotatable bonds is 5. The summed E-state index contributed by atoms with van der Waals surface area (Å²) >= 11 is 0. The van der Waals surface area contributed by atoms with E-state index in [0.717, 1.165) is 28.0 Å². The van der Waals surface area contributed by atoms with E-state index < -0.39 is 0 Å². The third-order valence-electron chi connectivity index (χ3n) is 4.84. The van der Waals surface area contributed by atoms with Crippen molar-refractivity contribution in [3.05, 3.63) is 78.6 Å². The lowest BCUT2D eigenvalue weighted by Crippen LogP contribution is -2.36. The Bertz CT molecular complexity index is 1120. The van der Waals surface area contributed by atoms with E-state index in [1.54, 1.807) is 7.11 Å². The lowest BCUT2D eigenvalue weighted by molar-refractivity contribution is -0.682. The number of imidazole rings is 1. The van der Waals surface area contributed by atoms with Crippen LogP contribution in [0.25, 0.3) is 16.6 Å². The van der Waals surface area contributed by atoms with Crippen molar-refractivity contribution in [1.82, 2.24) is 8.97 Å². The predicted octanol–water partition coefficient (Wildman–Crippen LogP) is 3.43. The van der Waals surface area contributed by atoms with Gasteiger partial charge in [0.2, 0.25) is 12.1 Å². The van der Waals surface area contributed by atoms with Crippen LogP contribution in [-0.4, -0.2) is 21.9 Å². The molecule has 0 saturated carbocycles. The fourth-order valence-electron chi connectivity index (χ4n) is 3.45. The second kappa shape index (κ2) is 6.76. The first-order chi connectivity index (χ1) is 13.1. The molecule has 5 nitrogen and oxygen atoms in total. The molecular weight excluding hydrogens is 338 g/mol. The van der Waals surface area contributed by atoms with Crippen LogP contribution in [0.2, 0.25) is 0 Å². The SMILES string of the molecule is COc1ccc(-c2cc3c(C)cccn3c2C(=O)C[n+]2ccn(C)c2)cc1. The lowest BCUT2D eigenvalue weighted by Gasteiger charge is -2.07. The Morgan fingerprint density at radius 1 is 1.15 bits per heavy atom. The zero-order valence-electron chi connectivity index (χ0n) is 15.7. The van der Waals surface area contributed by atoms with Crippen LogP contribution < -0.4 is 9.30 Å². The predicted molar refractivity (Wildman–Crippen MR) is 104 cm³/mol. The Labute approximate surface area is 158 Å². The molecule has 136 valence electrons. The summed E-state index contributed by atoms with van der Waals surface area (Å²) in [4.78, 5) is 13.3. The van der Waals surface area contributed by atoms with E-state index >= 15 is 0 Å². The van der Waals surface area contributed by atoms with E-state index in [0.29, 0.717) is 12.2 Å². The summed E-state index contributed by atoms with van der Waals surface area (Å²) in [5, 5.41) is 0. The largest absolute Gasteiger partial charge is 0.497 e. The number of aromatic nitrogens is 3. The Kier molecular flexibility index (Phi) is 4.28. The fourth-order valence-corrected chi connectivity index (χ4v) is 3.45. The van der Waals surface area contributed by atoms with Crippen LogP contribution >= 0.6 is 0 Å². The van der Waals surface area contributed by atoms with Crippen LogP contribution in [0.3, 0.4) is 0 Å². The molecule has 27 heavy (non-hydrogen) atoms. The Hall–Kier alpha value is -3.34. The van der Waals surface area contributed by atoms with Crippen LogP contribution in [0, 0.1) is 6.92 Å². The number of carbonyl (C=O) groups is 1. The average Bonchev–Trinajstić information content (AvgIpc) is 3.26. The van der Waals surface area contributed by atoms with Crippen molar-refractivity contribution >= 4 is 11.3 Å². The smallest absolute Gasteiger partial charge is 0.243 e. The fraction of sp³-hybridized carbons (Fsp3) is 0.182. The summed E-state index contributed by atoms with van der Waals surface area (Å²) in [6, 6.07) is 14.0. The van der Waals surface area contributed by atoms with Gasteiger partial charge >= 0.3 is 0 Å². The normalized spacial score (nSPS) is 11.1. The number of benzene rings is 1. The maximum Gasteiger partial charge on any atom is 0.243 e. The molecule has 0 atom stereocenters. The molecule has 0 N–H and O–H groups in total. The Morgan fingerprint density at radius 3 is 2.59 bits per heavy atom. The maximum absolute atomic E-state index is 13.3. The average molecular weight is 360 g/mol. The zero-order chi connectivity index (χ0) is 19.0. The first-order valence-electron chi connectivity index (χ1n) is 8.86. The number of nitrogens with zero attached hydrogens (tertiary/aromatic N) is 3. The second-order valence-electron chi connectivity index (χ2n) is 6.76. The molecule has 0 amide bonds. The highest BCUT2D eigenvalue weighted by Gasteiger charge is 2.21. The van der Waals surface area contributed by atoms with E-state index in [2.05, 4.69) is 19.1 Å². The van der Waals surface area contributed by atoms with Crippen molar-refractivity contribution in [2.45, 2.75) is 13.5 Å². The van der Waals surface area contributed by atoms with Crippen molar-refractivity contribution in [3.8, 4) is 16.9 Å². The molecule has 0 spiro atoms. The quantitative estimate of drug-likeness (QED) is 0.404. The van der Waals surface area contributed by atoms with Gasteiger partial charge in [0.1, 0.15) is 23.8 Å². The minimum atomic E-state index is 0.0719. The first kappa shape index (κ1) is 17.1. The highest BCUT2D eigenvalue weighted by Crippen LogP contribution is 2.30. The molecule has 1 aromatic carbocycles. The first-order valence-corrected chi connectivity index (χ1v) is 8.86. The lowest BCUT2D eigenvalue weighted by atomic mass is 10.0. The van der Waals surface area contributed by atoms with E-state index in [1.165, 1.54) is 0 Å². The molecular formula is C22H22N3O2+. The Morgan fingerprint density at radius 2 is 1.93 bits per heavy atom. The number of aryl methyl sites for hydroxylation is 2. The molecule has 4 aromatic rings. The van der Waals surface area contributed by atoms with Gasteiger partial charge in [0.25, 0.3) is 0 Å². The molecule has 0 aliphatic heterocycles. The minimum absolute atomic E-state index is 0.0719. The number of ether oxygens (including phenoxy) is 1. The van der Waals surface area contributed by atoms with Crippen LogP contribution in [0.1, 0.15) is 16.1 Å². The van der Waals surface area contributed by atoms with Crippen LogP contribution in [0.15, 0.2) is 67.4 Å². The number of pyridine rings is 1. The van der Waals surface area contributed by atoms with Crippen molar-refractivity contribution in [1.29, 1.82) is 0 Å². The van der Waals surface area contributed by atoms with Gasteiger partial charge < -0.3 is 9.14 Å². The summed E-state index contributed by atoms with van der Waals surface area (Å²) < 4.78 is 11.1. The highest BCUT2D eigenvalue weighted by molar-refractivity contribution is 6.02. The van der Waals surface area contributed by atoms with Gasteiger partial charge in [-0.25, -0.2) is 9.13 Å². The maximum atomic E-state index is 13.3. The van der Waals surface area contributed by atoms with Gasteiger partial charge in [0.05, 0.1) is 14.2 Å². The number of methoxy groups -OCH3 is 1. The molecule has 5 heteroatoms. The molecule has 0 aliphatic rings. The van der Waals surface area contributed by atoms with Gasteiger partial charge in [-0.2, -0.15) is 0 Å². The van der Waals surface area contributed by atoms with Crippen LogP contribution in [0.5, 0.6) is 5.75 Å². The topological polar surface area (TPSA) is 39.5 Å². The van der Waals surface area contributed by atoms with Crippen molar-refractivity contribution in [3.63, 3.8) is 0 Å². The van der Waals surface area contributed by atoms with Gasteiger partial charge in [-0.3, -0.25) is 4.79 Å². The molecule has 3 aromatic heterocycles. The monoisotopic (exact) mass is 360 g/mol. The Balaban J connectivity index is 1.85. The summed E-state index contributed by atoms with van der Waals surface area (Å²) in [5.74, 6) is 0.869. The molecule has 0 unspecified atom stereocenters. The van der Waals surface area contributed by atoms with Crippen LogP contribution in [-0.2, 0) is 13.6 Å². The highest BCUT2D eigenvalue weighted by atomic mass is 16.5. The molecule has 0 saturated heterocycles. The van der Waals surface area contributed by atoms with E-state index in [-0.39, 0.29) is 5.78 Å². The number of Topliss-reactive ketones (excluding diaryl/α,β-unsaturated/α-hetero) is 1. The molecule has 0 bridgehead atoms. The van der Waals surface area contributed by atoms with Gasteiger partial charge in [-0.05, 0) is 42.3 Å². The molecule has 0 aliphatic carbocycles. The van der Waals surface area contributed by atoms with E-state index in [9.17, 15) is 4.79 Å². The van der Waals surface area contributed by atoms with Crippen molar-refractivity contribution in [2.24, 2.45) is 7.05 Å². The summed E-state index contributed by atoms with van der Waals surface area (Å²) in [7, 11) is 3.59. The van der Waals surface area contributed by atoms with Crippen LogP contribution in [0.4, 0.5) is 0 Å². The van der Waals surface area contributed by atoms with Crippen molar-refractivity contribution < 1.29 is 14.1 Å². The van der Waals surface area contributed by atoms with Gasteiger partial charge in [0.15, 0.2) is 6.54 Å². The number of ketones is 1. The molecule has 0 fully saturated rings. The standard InChI is InChI=1S/C22H22N3O2/c1-16-5-4-10-25-20(16)13-19(17-6-8-18(27-3)9-7-17)22(25)21(26)14-24-12-11-23(2)15-24/h4-13,15H,14H2,1-3H3/q+1. The molecule has 4 rings (SSSR count). The zero-order valence-corrected chi connectivity index (χ0v) is 15.7. The third-order valence-corrected chi connectivity index (χ3v) is 4.84. The summed E-state index contributed by atoms with van der Waals surface area (Å²) in [6.07, 6.45) is 7.70. The van der Waals surface area contributed by atoms with E-state index in [4.69, 9.17) is 4.74 Å².